The first-order valence-electron chi connectivity index (χ1n) is 12.5. The summed E-state index contributed by atoms with van der Waals surface area (Å²) in [6.45, 7) is 3.92. The number of benzene rings is 3. The summed E-state index contributed by atoms with van der Waals surface area (Å²) in [4.78, 5) is 12.0. The highest BCUT2D eigenvalue weighted by atomic mass is 32.2. The molecule has 0 amide bonds. The summed E-state index contributed by atoms with van der Waals surface area (Å²) in [5.74, 6) is 4.47. The number of alkyl halides is 3. The van der Waals surface area contributed by atoms with Crippen molar-refractivity contribution in [3.8, 4) is 17.6 Å². The highest BCUT2D eigenvalue weighted by Gasteiger charge is 2.30. The van der Waals surface area contributed by atoms with E-state index in [0.29, 0.717) is 16.9 Å². The van der Waals surface area contributed by atoms with Gasteiger partial charge in [-0.25, -0.2) is 8.42 Å². The first kappa shape index (κ1) is 29.7. The number of sulfonamides is 1. The Hall–Kier alpha value is -4.27. The Bertz CT molecular complexity index is 1720. The molecule has 0 fully saturated rings. The van der Waals surface area contributed by atoms with E-state index in [4.69, 9.17) is 4.74 Å². The van der Waals surface area contributed by atoms with Crippen LogP contribution in [0, 0.1) is 18.8 Å². The molecular weight excluding hydrogens is 557 g/mol. The third-order valence-electron chi connectivity index (χ3n) is 6.39. The predicted molar refractivity (Wildman–Crippen MR) is 148 cm³/mol. The molecule has 0 saturated carbocycles. The van der Waals surface area contributed by atoms with Gasteiger partial charge in [-0.05, 0) is 73.5 Å². The van der Waals surface area contributed by atoms with Crippen LogP contribution in [0.2, 0.25) is 0 Å². The van der Waals surface area contributed by atoms with Crippen LogP contribution >= 0.6 is 0 Å². The molecule has 0 bridgehead atoms. The van der Waals surface area contributed by atoms with E-state index in [9.17, 15) is 31.5 Å². The van der Waals surface area contributed by atoms with Gasteiger partial charge in [0.15, 0.2) is 0 Å². The van der Waals surface area contributed by atoms with Gasteiger partial charge in [0.05, 0.1) is 10.5 Å². The van der Waals surface area contributed by atoms with Crippen molar-refractivity contribution in [1.82, 2.24) is 9.29 Å². The lowest BCUT2D eigenvalue weighted by molar-refractivity contribution is -0.139. The molecule has 0 radical (unpaired) electrons. The number of hydrogen-bond acceptors (Lipinski definition) is 4. The van der Waals surface area contributed by atoms with E-state index in [1.54, 1.807) is 13.1 Å². The molecule has 214 valence electrons. The van der Waals surface area contributed by atoms with Crippen LogP contribution in [0.15, 0.2) is 77.8 Å². The van der Waals surface area contributed by atoms with E-state index in [1.807, 2.05) is 29.7 Å². The van der Waals surface area contributed by atoms with Crippen molar-refractivity contribution >= 4 is 26.9 Å². The zero-order chi connectivity index (χ0) is 29.8. The van der Waals surface area contributed by atoms with Crippen molar-refractivity contribution in [1.29, 1.82) is 0 Å². The summed E-state index contributed by atoms with van der Waals surface area (Å²) in [6, 6.07) is 14.4. The molecule has 0 saturated heterocycles. The van der Waals surface area contributed by atoms with Gasteiger partial charge in [0.25, 0.3) is 0 Å². The Morgan fingerprint density at radius 2 is 1.76 bits per heavy atom. The number of aryl methyl sites for hydroxylation is 1. The van der Waals surface area contributed by atoms with Gasteiger partial charge >= 0.3 is 12.1 Å². The van der Waals surface area contributed by atoms with Crippen LogP contribution in [0.5, 0.6) is 5.75 Å². The normalized spacial score (nSPS) is 12.5. The minimum absolute atomic E-state index is 0.127. The quantitative estimate of drug-likeness (QED) is 0.244. The van der Waals surface area contributed by atoms with Crippen molar-refractivity contribution in [2.75, 3.05) is 6.61 Å². The summed E-state index contributed by atoms with van der Waals surface area (Å²) in [5, 5.41) is 10.6. The maximum atomic E-state index is 13.0. The molecule has 0 spiro atoms. The van der Waals surface area contributed by atoms with Crippen LogP contribution in [0.4, 0.5) is 13.2 Å². The zero-order valence-electron chi connectivity index (χ0n) is 22.2. The minimum Gasteiger partial charge on any atom is -0.481 e. The fraction of sp³-hybridized carbons (Fsp3) is 0.233. The van der Waals surface area contributed by atoms with Crippen molar-refractivity contribution in [3.05, 3.63) is 95.2 Å². The molecule has 0 aliphatic carbocycles. The Morgan fingerprint density at radius 1 is 1.07 bits per heavy atom. The van der Waals surface area contributed by atoms with E-state index < -0.39 is 33.8 Å². The third kappa shape index (κ3) is 7.28. The van der Waals surface area contributed by atoms with E-state index >= 15 is 0 Å². The number of halogens is 3. The molecule has 3 aromatic carbocycles. The number of nitrogens with zero attached hydrogens (tertiary/aromatic N) is 1. The second-order valence-corrected chi connectivity index (χ2v) is 11.1. The lowest BCUT2D eigenvalue weighted by Gasteiger charge is -2.15. The van der Waals surface area contributed by atoms with Gasteiger partial charge in [0, 0.05) is 30.1 Å². The first-order valence-corrected chi connectivity index (χ1v) is 14.0. The molecule has 4 rings (SSSR count). The Balaban J connectivity index is 1.59. The average Bonchev–Trinajstić information content (AvgIpc) is 3.24. The molecule has 11 heteroatoms. The zero-order valence-corrected chi connectivity index (χ0v) is 23.0. The van der Waals surface area contributed by atoms with E-state index in [1.165, 1.54) is 36.4 Å². The largest absolute Gasteiger partial charge is 0.481 e. The van der Waals surface area contributed by atoms with E-state index in [-0.39, 0.29) is 24.5 Å². The number of carbonyl (C=O) groups is 1. The minimum atomic E-state index is -4.44. The molecule has 0 aliphatic heterocycles. The smallest absolute Gasteiger partial charge is 0.416 e. The molecule has 4 aromatic rings. The standard InChI is InChI=1S/C30H27F3N2O5S/c1-3-4-15-40-24-10-12-25(13-11-24)41(38,39)34-27(29(36)37)17-22-19-35(28-14-5-20(2)16-26(22)28)18-21-6-8-23(9-7-21)30(31,32)33/h5-14,16,19,27,34H,15,17-18H2,1-2H3,(H,36,37)/t27-/m0/s1. The third-order valence-corrected chi connectivity index (χ3v) is 7.88. The topological polar surface area (TPSA) is 97.6 Å². The Kier molecular flexibility index (Phi) is 8.75. The van der Waals surface area contributed by atoms with Gasteiger partial charge in [0.1, 0.15) is 18.4 Å². The van der Waals surface area contributed by atoms with Crippen molar-refractivity contribution < 1.29 is 36.2 Å². The highest BCUT2D eigenvalue weighted by molar-refractivity contribution is 7.89. The summed E-state index contributed by atoms with van der Waals surface area (Å²) in [5.41, 5.74) is 2.09. The number of aliphatic carboxylic acids is 1. The second kappa shape index (κ2) is 12.1. The van der Waals surface area contributed by atoms with E-state index in [0.717, 1.165) is 28.6 Å². The number of carboxylic acids is 1. The summed E-state index contributed by atoms with van der Waals surface area (Å²) in [7, 11) is -4.20. The number of rotatable bonds is 10. The lowest BCUT2D eigenvalue weighted by atomic mass is 10.0. The van der Waals surface area contributed by atoms with Gasteiger partial charge in [-0.2, -0.15) is 17.9 Å². The van der Waals surface area contributed by atoms with Gasteiger partial charge in [-0.1, -0.05) is 29.7 Å². The van der Waals surface area contributed by atoms with Crippen LogP contribution in [-0.2, 0) is 34.0 Å². The van der Waals surface area contributed by atoms with Crippen molar-refractivity contribution in [2.24, 2.45) is 0 Å². The second-order valence-electron chi connectivity index (χ2n) is 9.40. The molecule has 7 nitrogen and oxygen atoms in total. The fourth-order valence-electron chi connectivity index (χ4n) is 4.34. The lowest BCUT2D eigenvalue weighted by Crippen LogP contribution is -2.42. The molecule has 1 aromatic heterocycles. The number of nitrogens with one attached hydrogen (secondary N) is 1. The molecule has 1 atom stereocenters. The SMILES string of the molecule is CC#CCOc1ccc(S(=O)(=O)N[C@@H](Cc2cn(Cc3ccc(C(F)(F)F)cc3)c3ccc(C)cc23)C(=O)O)cc1. The van der Waals surface area contributed by atoms with Crippen molar-refractivity contribution in [2.45, 2.75) is 43.9 Å². The predicted octanol–water partition coefficient (Wildman–Crippen LogP) is 5.39. The maximum Gasteiger partial charge on any atom is 0.416 e. The van der Waals surface area contributed by atoms with E-state index in [2.05, 4.69) is 16.6 Å². The Labute approximate surface area is 235 Å². The number of aromatic nitrogens is 1. The molecular formula is C30H27F3N2O5S. The summed E-state index contributed by atoms with van der Waals surface area (Å²) >= 11 is 0. The summed E-state index contributed by atoms with van der Waals surface area (Å²) < 4.78 is 74.5. The van der Waals surface area contributed by atoms with Crippen LogP contribution < -0.4 is 9.46 Å². The highest BCUT2D eigenvalue weighted by Crippen LogP contribution is 2.30. The molecule has 1 heterocycles. The average molecular weight is 585 g/mol. The molecule has 41 heavy (non-hydrogen) atoms. The van der Waals surface area contributed by atoms with Gasteiger partial charge in [-0.15, -0.1) is 5.92 Å². The summed E-state index contributed by atoms with van der Waals surface area (Å²) in [6.07, 6.45) is -2.90. The van der Waals surface area contributed by atoms with Crippen LogP contribution in [0.3, 0.4) is 0 Å². The fourth-order valence-corrected chi connectivity index (χ4v) is 5.52. The number of hydrogen-bond donors (Lipinski definition) is 2. The first-order chi connectivity index (χ1) is 19.4. The molecule has 2 N–H and O–H groups in total. The van der Waals surface area contributed by atoms with Crippen LogP contribution in [0.1, 0.15) is 29.2 Å². The number of carboxylic acid groups (broad SMARTS) is 1. The number of fused-ring (bicyclic) bond motifs is 1. The maximum absolute atomic E-state index is 13.0. The van der Waals surface area contributed by atoms with Gasteiger partial charge < -0.3 is 14.4 Å². The number of ether oxygens (including phenoxy) is 1. The van der Waals surface area contributed by atoms with Gasteiger partial charge in [0.2, 0.25) is 10.0 Å². The van der Waals surface area contributed by atoms with Crippen LogP contribution in [-0.4, -0.2) is 36.7 Å². The molecule has 0 aliphatic rings. The monoisotopic (exact) mass is 584 g/mol. The van der Waals surface area contributed by atoms with Crippen LogP contribution in [0.25, 0.3) is 10.9 Å². The van der Waals surface area contributed by atoms with Gasteiger partial charge in [-0.3, -0.25) is 4.79 Å². The van der Waals surface area contributed by atoms with Crippen molar-refractivity contribution in [3.63, 3.8) is 0 Å². The Morgan fingerprint density at radius 3 is 2.37 bits per heavy atom. The molecule has 0 unspecified atom stereocenters.